The minimum atomic E-state index is -5.17. The molecule has 78 heavy (non-hydrogen) atoms. The Bertz CT molecular complexity index is 3220. The minimum absolute atomic E-state index is 0.00253. The maximum Gasteiger partial charge on any atom is 0.416 e. The van der Waals surface area contributed by atoms with Crippen LogP contribution in [0.3, 0.4) is 0 Å². The van der Waals surface area contributed by atoms with Gasteiger partial charge >= 0.3 is 36.9 Å². The van der Waals surface area contributed by atoms with Crippen LogP contribution in [-0.2, 0) is 62.2 Å². The fraction of sp³-hybridized carbons (Fsp3) is 0.321. The number of nitrogens with zero attached hydrogens (tertiary/aromatic N) is 6. The number of amides is 2. The third kappa shape index (κ3) is 13.8. The Morgan fingerprint density at radius 1 is 0.513 bits per heavy atom. The van der Waals surface area contributed by atoms with E-state index in [1.54, 1.807) is 84.6 Å². The highest BCUT2D eigenvalue weighted by Gasteiger charge is 2.39. The van der Waals surface area contributed by atoms with Gasteiger partial charge in [0, 0.05) is 61.2 Å². The Morgan fingerprint density at radius 2 is 1.00 bits per heavy atom. The number of fused-ring (bicyclic) bond motifs is 2. The summed E-state index contributed by atoms with van der Waals surface area (Å²) in [5, 5.41) is 1.25. The third-order valence-electron chi connectivity index (χ3n) is 12.9. The van der Waals surface area contributed by atoms with Crippen LogP contribution in [0.2, 0.25) is 0 Å². The number of halogens is 12. The summed E-state index contributed by atoms with van der Waals surface area (Å²) in [6.45, 7) is 2.27. The maximum atomic E-state index is 14.5. The van der Waals surface area contributed by atoms with Crippen molar-refractivity contribution < 1.29 is 71.7 Å². The summed E-state index contributed by atoms with van der Waals surface area (Å²) in [6, 6.07) is 25.7. The molecular weight excluding hydrogens is 1050 g/mol. The SMILES string of the molecule is CCOC(=O)N(Cc1cc(C(F)(F)F)cc(C(F)(F)F)c1)Cc1cc2ccccc2nc1N(CC)Cc1cccc(OC(=O)N(Cc2cc(C(F)(F)F)cc(C(F)(F)F)c2)Cc2cc3ccccc3nc2N2CCCCC2)c1. The Kier molecular flexibility index (Phi) is 16.7. The van der Waals surface area contributed by atoms with E-state index in [2.05, 4.69) is 0 Å². The summed E-state index contributed by atoms with van der Waals surface area (Å²) >= 11 is 0. The van der Waals surface area contributed by atoms with E-state index in [1.807, 2.05) is 4.90 Å². The molecule has 8 rings (SSSR count). The van der Waals surface area contributed by atoms with E-state index < -0.39 is 89.9 Å². The monoisotopic (exact) mass is 1100 g/mol. The molecule has 5 aromatic carbocycles. The van der Waals surface area contributed by atoms with Gasteiger partial charge < -0.3 is 19.3 Å². The number of anilines is 2. The molecule has 1 aliphatic rings. The molecule has 0 aliphatic carbocycles. The van der Waals surface area contributed by atoms with Crippen LogP contribution in [-0.4, -0.2) is 58.2 Å². The van der Waals surface area contributed by atoms with Crippen LogP contribution in [0.15, 0.2) is 121 Å². The molecule has 412 valence electrons. The van der Waals surface area contributed by atoms with E-state index in [0.29, 0.717) is 81.7 Å². The van der Waals surface area contributed by atoms with Crippen molar-refractivity contribution in [2.45, 2.75) is 90.5 Å². The fourth-order valence-corrected chi connectivity index (χ4v) is 9.27. The molecular formula is C56H50F12N6O4. The van der Waals surface area contributed by atoms with E-state index in [9.17, 15) is 62.3 Å². The molecule has 2 aromatic heterocycles. The second kappa shape index (κ2) is 23.1. The number of rotatable bonds is 15. The summed E-state index contributed by atoms with van der Waals surface area (Å²) in [7, 11) is 0. The number of hydrogen-bond donors (Lipinski definition) is 0. The lowest BCUT2D eigenvalue weighted by molar-refractivity contribution is -0.144. The predicted molar refractivity (Wildman–Crippen MR) is 267 cm³/mol. The van der Waals surface area contributed by atoms with Crippen LogP contribution in [0, 0.1) is 0 Å². The lowest BCUT2D eigenvalue weighted by Crippen LogP contribution is -2.35. The van der Waals surface area contributed by atoms with E-state index in [1.165, 1.54) is 19.1 Å². The molecule has 0 N–H and O–H groups in total. The first-order valence-corrected chi connectivity index (χ1v) is 24.7. The number of benzene rings is 5. The first kappa shape index (κ1) is 56.4. The van der Waals surface area contributed by atoms with Gasteiger partial charge in [0.05, 0.1) is 53.0 Å². The van der Waals surface area contributed by atoms with Crippen LogP contribution in [0.25, 0.3) is 21.8 Å². The highest BCUT2D eigenvalue weighted by molar-refractivity contribution is 5.83. The molecule has 22 heteroatoms. The molecule has 0 unspecified atom stereocenters. The van der Waals surface area contributed by atoms with Gasteiger partial charge in [0.25, 0.3) is 0 Å². The first-order chi connectivity index (χ1) is 36.9. The molecule has 10 nitrogen and oxygen atoms in total. The van der Waals surface area contributed by atoms with Crippen LogP contribution < -0.4 is 14.5 Å². The zero-order valence-electron chi connectivity index (χ0n) is 41.9. The van der Waals surface area contributed by atoms with Gasteiger partial charge in [0.15, 0.2) is 0 Å². The number of alkyl halides is 12. The van der Waals surface area contributed by atoms with Crippen molar-refractivity contribution >= 4 is 45.6 Å². The average Bonchev–Trinajstić information content (AvgIpc) is 3.40. The van der Waals surface area contributed by atoms with E-state index >= 15 is 0 Å². The zero-order valence-corrected chi connectivity index (χ0v) is 41.9. The van der Waals surface area contributed by atoms with Gasteiger partial charge in [-0.3, -0.25) is 9.80 Å². The number of hydrogen-bond acceptors (Lipinski definition) is 8. The number of carbonyl (C=O) groups is 2. The van der Waals surface area contributed by atoms with Crippen molar-refractivity contribution in [1.82, 2.24) is 19.8 Å². The Labute approximate surface area is 439 Å². The first-order valence-electron chi connectivity index (χ1n) is 24.7. The highest BCUT2D eigenvalue weighted by Crippen LogP contribution is 2.39. The Morgan fingerprint density at radius 3 is 1.51 bits per heavy atom. The van der Waals surface area contributed by atoms with E-state index in [0.717, 1.165) is 29.1 Å². The lowest BCUT2D eigenvalue weighted by atomic mass is 10.0. The summed E-state index contributed by atoms with van der Waals surface area (Å²) in [5.41, 5.74) is -4.84. The fourth-order valence-electron chi connectivity index (χ4n) is 9.27. The molecule has 0 saturated carbocycles. The third-order valence-corrected chi connectivity index (χ3v) is 12.9. The lowest BCUT2D eigenvalue weighted by Gasteiger charge is -2.31. The number of aromatic nitrogens is 2. The zero-order chi connectivity index (χ0) is 56.2. The molecule has 0 bridgehead atoms. The van der Waals surface area contributed by atoms with Gasteiger partial charge in [-0.2, -0.15) is 52.7 Å². The largest absolute Gasteiger partial charge is 0.450 e. The van der Waals surface area contributed by atoms with Crippen molar-refractivity contribution in [2.24, 2.45) is 0 Å². The molecule has 0 spiro atoms. The van der Waals surface area contributed by atoms with Gasteiger partial charge in [-0.05, 0) is 123 Å². The topological polar surface area (TPSA) is 91.3 Å². The quantitative estimate of drug-likeness (QED) is 0.0938. The minimum Gasteiger partial charge on any atom is -0.450 e. The maximum absolute atomic E-state index is 14.5. The van der Waals surface area contributed by atoms with Gasteiger partial charge in [-0.1, -0.05) is 48.5 Å². The van der Waals surface area contributed by atoms with E-state index in [-0.39, 0.29) is 49.9 Å². The van der Waals surface area contributed by atoms with Gasteiger partial charge in [0.2, 0.25) is 0 Å². The van der Waals surface area contributed by atoms with Gasteiger partial charge in [-0.15, -0.1) is 0 Å². The molecule has 0 radical (unpaired) electrons. The van der Waals surface area contributed by atoms with Crippen LogP contribution >= 0.6 is 0 Å². The standard InChI is InChI=1S/C56H50F12N6O4/c1-3-71(49-40(26-38-14-6-8-17-47(38)69-49)33-73(51(75)77-4-2)31-36-21-42(53(57,58)59)28-43(22-36)54(60,61)62)30-35-13-12-16-46(25-35)78-52(76)74(32-37-23-44(55(63,64)65)29-45(24-37)56(66,67)68)34-41-27-39-15-7-9-18-48(39)70-50(41)72-19-10-5-11-20-72/h6-9,12-18,21-29H,3-5,10-11,19-20,30-34H2,1-2H3. The molecule has 2 amide bonds. The van der Waals surface area contributed by atoms with Crippen molar-refractivity contribution in [3.8, 4) is 5.75 Å². The predicted octanol–water partition coefficient (Wildman–Crippen LogP) is 15.2. The normalized spacial score (nSPS) is 13.4. The van der Waals surface area contributed by atoms with Crippen molar-refractivity contribution in [3.63, 3.8) is 0 Å². The van der Waals surface area contributed by atoms with Crippen LogP contribution in [0.1, 0.15) is 83.2 Å². The molecule has 0 atom stereocenters. The number of piperidine rings is 1. The molecule has 7 aromatic rings. The number of carbonyl (C=O) groups excluding carboxylic acids is 2. The summed E-state index contributed by atoms with van der Waals surface area (Å²) in [5.74, 6) is 0.684. The summed E-state index contributed by atoms with van der Waals surface area (Å²) in [6.07, 6.45) is -20.2. The molecule has 1 fully saturated rings. The summed E-state index contributed by atoms with van der Waals surface area (Å²) in [4.78, 5) is 43.6. The highest BCUT2D eigenvalue weighted by atomic mass is 19.4. The van der Waals surface area contributed by atoms with Crippen LogP contribution in [0.4, 0.5) is 73.9 Å². The van der Waals surface area contributed by atoms with Gasteiger partial charge in [0.1, 0.15) is 17.4 Å². The Balaban J connectivity index is 1.13. The number of pyridine rings is 2. The molecule has 1 saturated heterocycles. The molecule has 1 aliphatic heterocycles. The summed E-state index contributed by atoms with van der Waals surface area (Å²) < 4.78 is 179. The van der Waals surface area contributed by atoms with Gasteiger partial charge in [-0.25, -0.2) is 19.6 Å². The second-order valence-electron chi connectivity index (χ2n) is 18.6. The average molecular weight is 1100 g/mol. The second-order valence-corrected chi connectivity index (χ2v) is 18.6. The number of ether oxygens (including phenoxy) is 2. The van der Waals surface area contributed by atoms with Crippen molar-refractivity contribution in [1.29, 1.82) is 0 Å². The van der Waals surface area contributed by atoms with Crippen molar-refractivity contribution in [3.05, 3.63) is 171 Å². The van der Waals surface area contributed by atoms with Crippen molar-refractivity contribution in [2.75, 3.05) is 36.0 Å². The Hall–Kier alpha value is -7.78. The smallest absolute Gasteiger partial charge is 0.416 e. The number of para-hydroxylation sites is 2. The van der Waals surface area contributed by atoms with E-state index in [4.69, 9.17) is 19.4 Å². The molecule has 3 heterocycles. The van der Waals surface area contributed by atoms with Crippen LogP contribution in [0.5, 0.6) is 5.75 Å².